The maximum Gasteiger partial charge on any atom is 0.277 e. The second-order valence-corrected chi connectivity index (χ2v) is 6.48. The Morgan fingerprint density at radius 3 is 2.45 bits per heavy atom. The number of carbonyl (C=O) groups is 1. The largest absolute Gasteiger partial charge is 0.305 e. The summed E-state index contributed by atoms with van der Waals surface area (Å²) in [4.78, 5) is 12.6. The number of hydrogen-bond acceptors (Lipinski definition) is 3. The van der Waals surface area contributed by atoms with Gasteiger partial charge in [0.15, 0.2) is 17.3 Å². The fourth-order valence-corrected chi connectivity index (χ4v) is 2.98. The van der Waals surface area contributed by atoms with Crippen LogP contribution >= 0.6 is 0 Å². The highest BCUT2D eigenvalue weighted by atomic mass is 19.1. The average molecular weight is 393 g/mol. The zero-order chi connectivity index (χ0) is 20.4. The van der Waals surface area contributed by atoms with E-state index in [0.29, 0.717) is 12.4 Å². The Kier molecular flexibility index (Phi) is 4.90. The second kappa shape index (κ2) is 7.67. The van der Waals surface area contributed by atoms with E-state index in [1.807, 2.05) is 37.3 Å². The summed E-state index contributed by atoms with van der Waals surface area (Å²) in [6.45, 7) is 2.31. The van der Waals surface area contributed by atoms with Crippen LogP contribution < -0.4 is 5.32 Å². The molecule has 0 saturated carbocycles. The van der Waals surface area contributed by atoms with Crippen LogP contribution in [0.3, 0.4) is 0 Å². The highest BCUT2D eigenvalue weighted by molar-refractivity contribution is 6.02. The Morgan fingerprint density at radius 2 is 1.72 bits per heavy atom. The molecule has 2 heterocycles. The highest BCUT2D eigenvalue weighted by Gasteiger charge is 2.17. The van der Waals surface area contributed by atoms with Crippen LogP contribution in [0.4, 0.5) is 14.6 Å². The predicted octanol–water partition coefficient (Wildman–Crippen LogP) is 3.96. The molecule has 0 atom stereocenters. The molecule has 0 aliphatic rings. The van der Waals surface area contributed by atoms with Crippen LogP contribution in [0.1, 0.15) is 21.7 Å². The first-order valence-electron chi connectivity index (χ1n) is 8.91. The van der Waals surface area contributed by atoms with E-state index in [9.17, 15) is 13.6 Å². The number of hydrogen-bond donors (Lipinski definition) is 1. The van der Waals surface area contributed by atoms with Gasteiger partial charge in [-0.25, -0.2) is 18.1 Å². The van der Waals surface area contributed by atoms with Crippen LogP contribution in [-0.4, -0.2) is 25.5 Å². The molecule has 146 valence electrons. The molecule has 29 heavy (non-hydrogen) atoms. The van der Waals surface area contributed by atoms with Crippen molar-refractivity contribution in [3.05, 3.63) is 95.4 Å². The molecular formula is C21H17F2N5O. The van der Waals surface area contributed by atoms with Crippen molar-refractivity contribution in [2.24, 2.45) is 0 Å². The number of halogens is 2. The minimum Gasteiger partial charge on any atom is -0.305 e. The van der Waals surface area contributed by atoms with E-state index in [2.05, 4.69) is 15.5 Å². The first-order chi connectivity index (χ1) is 14.0. The van der Waals surface area contributed by atoms with Gasteiger partial charge in [-0.3, -0.25) is 4.79 Å². The Labute approximate surface area is 165 Å². The van der Waals surface area contributed by atoms with Crippen LogP contribution in [0.15, 0.2) is 66.9 Å². The summed E-state index contributed by atoms with van der Waals surface area (Å²) < 4.78 is 30.6. The van der Waals surface area contributed by atoms with Crippen LogP contribution in [0.25, 0.3) is 5.69 Å². The Bertz CT molecular complexity index is 1150. The molecule has 8 heteroatoms. The van der Waals surface area contributed by atoms with Gasteiger partial charge in [0.25, 0.3) is 5.91 Å². The fourth-order valence-electron chi connectivity index (χ4n) is 2.98. The van der Waals surface area contributed by atoms with Crippen LogP contribution in [0, 0.1) is 18.6 Å². The lowest BCUT2D eigenvalue weighted by Crippen LogP contribution is -2.17. The summed E-state index contributed by atoms with van der Waals surface area (Å²) in [5.74, 6) is -1.54. The number of amides is 1. The number of carbonyl (C=O) groups excluding carboxylic acids is 1. The molecule has 0 radical (unpaired) electrons. The van der Waals surface area contributed by atoms with E-state index in [1.54, 1.807) is 10.7 Å². The molecule has 0 fully saturated rings. The highest BCUT2D eigenvalue weighted by Crippen LogP contribution is 2.18. The molecule has 0 spiro atoms. The topological polar surface area (TPSA) is 64.7 Å². The monoisotopic (exact) mass is 393 g/mol. The zero-order valence-corrected chi connectivity index (χ0v) is 15.5. The summed E-state index contributed by atoms with van der Waals surface area (Å²) in [5.41, 5.74) is 1.47. The standard InChI is InChI=1S/C21H17F2N5O/c1-14-12-19(28(25-14)13-15-6-3-2-4-7-15)24-21(29)18-10-11-27(26-18)20-16(22)8-5-9-17(20)23/h2-12H,13H2,1H3,(H,24,29). The lowest BCUT2D eigenvalue weighted by Gasteiger charge is -2.08. The summed E-state index contributed by atoms with van der Waals surface area (Å²) in [7, 11) is 0. The molecule has 4 rings (SSSR count). The van der Waals surface area contributed by atoms with Crippen molar-refractivity contribution in [1.29, 1.82) is 0 Å². The van der Waals surface area contributed by atoms with E-state index in [0.717, 1.165) is 28.1 Å². The minimum absolute atomic E-state index is 0.0257. The summed E-state index contributed by atoms with van der Waals surface area (Å²) in [5, 5.41) is 11.2. The lowest BCUT2D eigenvalue weighted by atomic mass is 10.2. The zero-order valence-electron chi connectivity index (χ0n) is 15.5. The van der Waals surface area contributed by atoms with Crippen LogP contribution in [-0.2, 0) is 6.54 Å². The van der Waals surface area contributed by atoms with Crippen LogP contribution in [0.2, 0.25) is 0 Å². The fraction of sp³-hybridized carbons (Fsp3) is 0.0952. The van der Waals surface area contributed by atoms with E-state index < -0.39 is 17.5 Å². The van der Waals surface area contributed by atoms with Crippen LogP contribution in [0.5, 0.6) is 0 Å². The van der Waals surface area contributed by atoms with Gasteiger partial charge in [0.1, 0.15) is 11.5 Å². The summed E-state index contributed by atoms with van der Waals surface area (Å²) in [6.07, 6.45) is 1.34. The lowest BCUT2D eigenvalue weighted by molar-refractivity contribution is 0.102. The summed E-state index contributed by atoms with van der Waals surface area (Å²) >= 11 is 0. The average Bonchev–Trinajstić information content (AvgIpc) is 3.30. The molecule has 1 amide bonds. The Morgan fingerprint density at radius 1 is 1.00 bits per heavy atom. The normalized spacial score (nSPS) is 10.9. The third-order valence-electron chi connectivity index (χ3n) is 4.31. The van der Waals surface area contributed by atoms with Gasteiger partial charge >= 0.3 is 0 Å². The van der Waals surface area contributed by atoms with E-state index in [1.165, 1.54) is 18.3 Å². The molecule has 1 N–H and O–H groups in total. The van der Waals surface area contributed by atoms with Crippen molar-refractivity contribution in [1.82, 2.24) is 19.6 Å². The molecule has 0 bridgehead atoms. The summed E-state index contributed by atoms with van der Waals surface area (Å²) in [6, 6.07) is 16.4. The number of aromatic nitrogens is 4. The van der Waals surface area contributed by atoms with Gasteiger partial charge in [-0.05, 0) is 30.7 Å². The predicted molar refractivity (Wildman–Crippen MR) is 104 cm³/mol. The SMILES string of the molecule is Cc1cc(NC(=O)c2ccn(-c3c(F)cccc3F)n2)n(Cc2ccccc2)n1. The quantitative estimate of drug-likeness (QED) is 0.558. The number of benzene rings is 2. The van der Waals surface area contributed by atoms with Crippen molar-refractivity contribution in [2.75, 3.05) is 5.32 Å². The molecule has 0 unspecified atom stereocenters. The molecule has 2 aromatic carbocycles. The second-order valence-electron chi connectivity index (χ2n) is 6.48. The van der Waals surface area contributed by atoms with Crippen molar-refractivity contribution >= 4 is 11.7 Å². The van der Waals surface area contributed by atoms with Gasteiger partial charge < -0.3 is 5.32 Å². The van der Waals surface area contributed by atoms with E-state index >= 15 is 0 Å². The van der Waals surface area contributed by atoms with E-state index in [-0.39, 0.29) is 11.4 Å². The molecule has 0 aliphatic carbocycles. The van der Waals surface area contributed by atoms with Crippen molar-refractivity contribution in [3.63, 3.8) is 0 Å². The van der Waals surface area contributed by atoms with E-state index in [4.69, 9.17) is 0 Å². The molecule has 6 nitrogen and oxygen atoms in total. The number of para-hydroxylation sites is 1. The first kappa shape index (κ1) is 18.5. The van der Waals surface area contributed by atoms with Crippen molar-refractivity contribution in [3.8, 4) is 5.69 Å². The maximum atomic E-state index is 13.9. The van der Waals surface area contributed by atoms with Gasteiger partial charge in [-0.2, -0.15) is 10.2 Å². The van der Waals surface area contributed by atoms with Crippen molar-refractivity contribution < 1.29 is 13.6 Å². The smallest absolute Gasteiger partial charge is 0.277 e. The van der Waals surface area contributed by atoms with Gasteiger partial charge in [0.2, 0.25) is 0 Å². The number of rotatable bonds is 5. The van der Waals surface area contributed by atoms with Gasteiger partial charge in [-0.1, -0.05) is 36.4 Å². The molecule has 0 saturated heterocycles. The van der Waals surface area contributed by atoms with Crippen molar-refractivity contribution in [2.45, 2.75) is 13.5 Å². The number of anilines is 1. The maximum absolute atomic E-state index is 13.9. The Hall–Kier alpha value is -3.81. The molecule has 4 aromatic rings. The third-order valence-corrected chi connectivity index (χ3v) is 4.31. The van der Waals surface area contributed by atoms with Gasteiger partial charge in [0.05, 0.1) is 12.2 Å². The number of nitrogens with zero attached hydrogens (tertiary/aromatic N) is 4. The molecule has 0 aliphatic heterocycles. The minimum atomic E-state index is -0.767. The van der Waals surface area contributed by atoms with Gasteiger partial charge in [-0.15, -0.1) is 0 Å². The molecule has 2 aromatic heterocycles. The third kappa shape index (κ3) is 3.91. The van der Waals surface area contributed by atoms with Gasteiger partial charge in [0, 0.05) is 12.3 Å². The first-order valence-corrected chi connectivity index (χ1v) is 8.91. The number of nitrogens with one attached hydrogen (secondary N) is 1. The number of aryl methyl sites for hydroxylation is 1. The Balaban J connectivity index is 1.56. The molecular weight excluding hydrogens is 376 g/mol.